The van der Waals surface area contributed by atoms with Crippen LogP contribution >= 0.6 is 0 Å². The van der Waals surface area contributed by atoms with Gasteiger partial charge in [-0.1, -0.05) is 72.2 Å². The van der Waals surface area contributed by atoms with E-state index in [2.05, 4.69) is 18.2 Å². The Kier molecular flexibility index (Phi) is 3.83. The summed E-state index contributed by atoms with van der Waals surface area (Å²) in [7, 11) is 5.97. The van der Waals surface area contributed by atoms with E-state index in [0.717, 1.165) is 21.9 Å². The fourth-order valence-corrected chi connectivity index (χ4v) is 3.61. The summed E-state index contributed by atoms with van der Waals surface area (Å²) in [4.78, 5) is 18.2. The molecule has 0 saturated heterocycles. The molecule has 4 aromatic carbocycles. The monoisotopic (exact) mass is 358 g/mol. The van der Waals surface area contributed by atoms with Gasteiger partial charge in [-0.2, -0.15) is 0 Å². The number of benzene rings is 4. The van der Waals surface area contributed by atoms with Crippen molar-refractivity contribution in [1.82, 2.24) is 9.55 Å². The molecule has 0 aliphatic heterocycles. The molecule has 0 aliphatic rings. The number of hydrogen-bond acceptors (Lipinski definition) is 2. The Morgan fingerprint density at radius 3 is 2.43 bits per heavy atom. The minimum Gasteiger partial charge on any atom is -0.268 e. The Morgan fingerprint density at radius 2 is 1.57 bits per heavy atom. The maximum absolute atomic E-state index is 13.4. The lowest BCUT2D eigenvalue weighted by atomic mass is 9.96. The number of imidazole rings is 1. The summed E-state index contributed by atoms with van der Waals surface area (Å²) in [5.74, 6) is 0.502. The van der Waals surface area contributed by atoms with E-state index in [9.17, 15) is 4.79 Å². The van der Waals surface area contributed by atoms with Crippen molar-refractivity contribution in [3.8, 4) is 11.4 Å². The quantitative estimate of drug-likeness (QED) is 0.440. The largest absolute Gasteiger partial charge is 0.268 e. The molecule has 4 heteroatoms. The van der Waals surface area contributed by atoms with Gasteiger partial charge >= 0.3 is 0 Å². The first kappa shape index (κ1) is 16.5. The average molecular weight is 358 g/mol. The SMILES string of the molecule is [B]c1ccc2c(c1)nc(-c1cccc3ccccc13)n2C(=O)c1ccccc1. The van der Waals surface area contributed by atoms with E-state index in [1.54, 1.807) is 16.7 Å². The van der Waals surface area contributed by atoms with Crippen molar-refractivity contribution >= 4 is 41.0 Å². The molecule has 0 spiro atoms. The highest BCUT2D eigenvalue weighted by atomic mass is 16.2. The lowest BCUT2D eigenvalue weighted by Crippen LogP contribution is -2.13. The van der Waals surface area contributed by atoms with E-state index in [0.29, 0.717) is 22.4 Å². The van der Waals surface area contributed by atoms with Crippen molar-refractivity contribution in [2.75, 3.05) is 0 Å². The predicted octanol–water partition coefficient (Wildman–Crippen LogP) is 4.34. The molecule has 0 unspecified atom stereocenters. The number of carbonyl (C=O) groups is 1. The minimum atomic E-state index is -0.115. The van der Waals surface area contributed by atoms with Gasteiger partial charge < -0.3 is 0 Å². The van der Waals surface area contributed by atoms with Crippen LogP contribution in [-0.4, -0.2) is 23.3 Å². The van der Waals surface area contributed by atoms with Gasteiger partial charge in [-0.05, 0) is 35.0 Å². The van der Waals surface area contributed by atoms with Gasteiger partial charge in [0.1, 0.15) is 13.7 Å². The van der Waals surface area contributed by atoms with E-state index >= 15 is 0 Å². The van der Waals surface area contributed by atoms with Gasteiger partial charge in [0.05, 0.1) is 11.0 Å². The second kappa shape index (κ2) is 6.50. The van der Waals surface area contributed by atoms with Crippen LogP contribution in [0.2, 0.25) is 0 Å². The molecule has 1 aromatic heterocycles. The third kappa shape index (κ3) is 2.62. The second-order valence-electron chi connectivity index (χ2n) is 6.72. The molecule has 0 aliphatic carbocycles. The summed E-state index contributed by atoms with van der Waals surface area (Å²) >= 11 is 0. The molecule has 5 rings (SSSR count). The van der Waals surface area contributed by atoms with Crippen LogP contribution in [0.4, 0.5) is 0 Å². The molecular weight excluding hydrogens is 343 g/mol. The van der Waals surface area contributed by atoms with Crippen LogP contribution in [-0.2, 0) is 0 Å². The summed E-state index contributed by atoms with van der Waals surface area (Å²) in [5.41, 5.74) is 3.59. The standard InChI is InChI=1S/C24H15BN2O/c25-18-13-14-22-21(15-18)26-23(27(22)24(28)17-8-2-1-3-9-17)20-12-6-10-16-7-4-5-11-19(16)20/h1-15H. The topological polar surface area (TPSA) is 34.9 Å². The summed E-state index contributed by atoms with van der Waals surface area (Å²) in [5, 5.41) is 2.15. The van der Waals surface area contributed by atoms with E-state index in [4.69, 9.17) is 12.8 Å². The number of rotatable bonds is 2. The minimum absolute atomic E-state index is 0.115. The number of aromatic nitrogens is 2. The van der Waals surface area contributed by atoms with Gasteiger partial charge in [-0.15, -0.1) is 0 Å². The fraction of sp³-hybridized carbons (Fsp3) is 0. The maximum Gasteiger partial charge on any atom is 0.264 e. The van der Waals surface area contributed by atoms with Crippen LogP contribution in [0.1, 0.15) is 10.4 Å². The maximum atomic E-state index is 13.4. The Bertz CT molecular complexity index is 1330. The molecule has 0 saturated carbocycles. The van der Waals surface area contributed by atoms with Gasteiger partial charge in [0.25, 0.3) is 5.91 Å². The van der Waals surface area contributed by atoms with Gasteiger partial charge in [-0.25, -0.2) is 4.98 Å². The van der Waals surface area contributed by atoms with Crippen LogP contribution in [0.5, 0.6) is 0 Å². The Hall–Kier alpha value is -3.66. The van der Waals surface area contributed by atoms with Crippen molar-refractivity contribution in [3.63, 3.8) is 0 Å². The molecule has 3 nitrogen and oxygen atoms in total. The van der Waals surface area contributed by atoms with Gasteiger partial charge in [0, 0.05) is 11.1 Å². The molecule has 5 aromatic rings. The van der Waals surface area contributed by atoms with Crippen LogP contribution in [0.15, 0.2) is 91.0 Å². The molecule has 28 heavy (non-hydrogen) atoms. The first-order valence-electron chi connectivity index (χ1n) is 9.08. The third-order valence-electron chi connectivity index (χ3n) is 4.93. The molecule has 0 bridgehead atoms. The van der Waals surface area contributed by atoms with Crippen molar-refractivity contribution < 1.29 is 4.79 Å². The van der Waals surface area contributed by atoms with E-state index < -0.39 is 0 Å². The van der Waals surface area contributed by atoms with E-state index in [1.807, 2.05) is 60.7 Å². The first-order valence-corrected chi connectivity index (χ1v) is 9.08. The molecular formula is C24H15BN2O. The first-order chi connectivity index (χ1) is 13.7. The van der Waals surface area contributed by atoms with Crippen molar-refractivity contribution in [1.29, 1.82) is 0 Å². The van der Waals surface area contributed by atoms with E-state index in [1.165, 1.54) is 0 Å². The molecule has 2 radical (unpaired) electrons. The highest BCUT2D eigenvalue weighted by molar-refractivity contribution is 6.33. The molecule has 130 valence electrons. The zero-order chi connectivity index (χ0) is 19.1. The molecule has 0 atom stereocenters. The van der Waals surface area contributed by atoms with Crippen LogP contribution in [0.3, 0.4) is 0 Å². The van der Waals surface area contributed by atoms with Crippen LogP contribution in [0.25, 0.3) is 33.2 Å². The van der Waals surface area contributed by atoms with Gasteiger partial charge in [-0.3, -0.25) is 9.36 Å². The zero-order valence-electron chi connectivity index (χ0n) is 15.0. The fourth-order valence-electron chi connectivity index (χ4n) is 3.61. The molecule has 0 N–H and O–H groups in total. The molecule has 0 amide bonds. The van der Waals surface area contributed by atoms with Crippen molar-refractivity contribution in [3.05, 3.63) is 96.6 Å². The van der Waals surface area contributed by atoms with Gasteiger partial charge in [0.2, 0.25) is 0 Å². The zero-order valence-corrected chi connectivity index (χ0v) is 15.0. The number of nitrogens with zero attached hydrogens (tertiary/aromatic N) is 2. The Balaban J connectivity index is 1.85. The van der Waals surface area contributed by atoms with Crippen molar-refractivity contribution in [2.24, 2.45) is 0 Å². The molecule has 1 heterocycles. The summed E-state index contributed by atoms with van der Waals surface area (Å²) in [6.07, 6.45) is 0. The third-order valence-corrected chi connectivity index (χ3v) is 4.93. The van der Waals surface area contributed by atoms with Crippen LogP contribution in [0, 0.1) is 0 Å². The summed E-state index contributed by atoms with van der Waals surface area (Å²) in [6.45, 7) is 0. The normalized spacial score (nSPS) is 11.1. The van der Waals surface area contributed by atoms with E-state index in [-0.39, 0.29) is 5.91 Å². The lowest BCUT2D eigenvalue weighted by Gasteiger charge is -2.10. The molecule has 0 fully saturated rings. The smallest absolute Gasteiger partial charge is 0.264 e. The predicted molar refractivity (Wildman–Crippen MR) is 114 cm³/mol. The summed E-state index contributed by atoms with van der Waals surface area (Å²) < 4.78 is 1.69. The highest BCUT2D eigenvalue weighted by Crippen LogP contribution is 2.31. The Morgan fingerprint density at radius 1 is 0.821 bits per heavy atom. The number of hydrogen-bond donors (Lipinski definition) is 0. The summed E-state index contributed by atoms with van der Waals surface area (Å²) in [6, 6.07) is 28.9. The van der Waals surface area contributed by atoms with Crippen molar-refractivity contribution in [2.45, 2.75) is 0 Å². The van der Waals surface area contributed by atoms with Gasteiger partial charge in [0.15, 0.2) is 0 Å². The average Bonchev–Trinajstić information content (AvgIpc) is 3.11. The number of fused-ring (bicyclic) bond motifs is 2. The number of carbonyl (C=O) groups excluding carboxylic acids is 1. The van der Waals surface area contributed by atoms with Crippen LogP contribution < -0.4 is 5.46 Å². The Labute approximate surface area is 163 Å². The lowest BCUT2D eigenvalue weighted by molar-refractivity contribution is 0.0966. The second-order valence-corrected chi connectivity index (χ2v) is 6.72. The highest BCUT2D eigenvalue weighted by Gasteiger charge is 2.20.